The molecule has 7 heteroatoms. The van der Waals surface area contributed by atoms with E-state index in [1.807, 2.05) is 0 Å². The third-order valence-electron chi connectivity index (χ3n) is 2.45. The predicted octanol–water partition coefficient (Wildman–Crippen LogP) is 2.32. The molecular formula is C11H9ClFN3O2. The predicted molar refractivity (Wildman–Crippen MR) is 62.7 cm³/mol. The summed E-state index contributed by atoms with van der Waals surface area (Å²) in [5, 5.41) is 16.2. The lowest BCUT2D eigenvalue weighted by Gasteiger charge is -2.05. The lowest BCUT2D eigenvalue weighted by atomic mass is 10.2. The van der Waals surface area contributed by atoms with E-state index in [-0.39, 0.29) is 10.7 Å². The van der Waals surface area contributed by atoms with Gasteiger partial charge in [-0.25, -0.2) is 13.9 Å². The van der Waals surface area contributed by atoms with Crippen molar-refractivity contribution in [1.29, 1.82) is 0 Å². The second-order valence-electron chi connectivity index (χ2n) is 3.55. The maximum atomic E-state index is 13.1. The molecule has 0 fully saturated rings. The van der Waals surface area contributed by atoms with Gasteiger partial charge in [-0.2, -0.15) is 0 Å². The first kappa shape index (κ1) is 12.5. The average molecular weight is 270 g/mol. The van der Waals surface area contributed by atoms with E-state index in [9.17, 15) is 9.18 Å². The number of nitrogens with zero attached hydrogens (tertiary/aromatic N) is 3. The van der Waals surface area contributed by atoms with E-state index in [0.29, 0.717) is 17.8 Å². The summed E-state index contributed by atoms with van der Waals surface area (Å²) in [4.78, 5) is 10.9. The van der Waals surface area contributed by atoms with Gasteiger partial charge in [-0.1, -0.05) is 23.7 Å². The summed E-state index contributed by atoms with van der Waals surface area (Å²) in [6.07, 6.45) is 0.434. The fraction of sp³-hybridized carbons (Fsp3) is 0.182. The molecule has 0 bridgehead atoms. The monoisotopic (exact) mass is 269 g/mol. The topological polar surface area (TPSA) is 68.0 Å². The van der Waals surface area contributed by atoms with Gasteiger partial charge in [0.1, 0.15) is 5.82 Å². The second-order valence-corrected chi connectivity index (χ2v) is 3.96. The number of carboxylic acids is 1. The summed E-state index contributed by atoms with van der Waals surface area (Å²) >= 11 is 5.68. The zero-order valence-electron chi connectivity index (χ0n) is 9.39. The summed E-state index contributed by atoms with van der Waals surface area (Å²) in [6, 6.07) is 4.02. The maximum Gasteiger partial charge on any atom is 0.358 e. The molecule has 0 aliphatic heterocycles. The van der Waals surface area contributed by atoms with Crippen LogP contribution in [0.1, 0.15) is 23.1 Å². The Morgan fingerprint density at radius 1 is 1.56 bits per heavy atom. The summed E-state index contributed by atoms with van der Waals surface area (Å²) in [5.74, 6) is -1.69. The van der Waals surface area contributed by atoms with Gasteiger partial charge >= 0.3 is 5.97 Å². The van der Waals surface area contributed by atoms with Crippen LogP contribution in [0.5, 0.6) is 0 Å². The van der Waals surface area contributed by atoms with Crippen LogP contribution in [-0.4, -0.2) is 26.1 Å². The minimum Gasteiger partial charge on any atom is -0.476 e. The Bertz CT molecular complexity index is 612. The summed E-state index contributed by atoms with van der Waals surface area (Å²) in [7, 11) is 0. The van der Waals surface area contributed by atoms with Gasteiger partial charge in [0.2, 0.25) is 0 Å². The van der Waals surface area contributed by atoms with E-state index in [4.69, 9.17) is 16.7 Å². The Kier molecular flexibility index (Phi) is 3.29. The molecule has 0 radical (unpaired) electrons. The van der Waals surface area contributed by atoms with Gasteiger partial charge < -0.3 is 5.11 Å². The molecule has 0 atom stereocenters. The molecule has 0 amide bonds. The highest BCUT2D eigenvalue weighted by atomic mass is 35.5. The molecule has 18 heavy (non-hydrogen) atoms. The van der Waals surface area contributed by atoms with Gasteiger partial charge in [0.05, 0.1) is 16.4 Å². The largest absolute Gasteiger partial charge is 0.476 e. The van der Waals surface area contributed by atoms with Crippen molar-refractivity contribution in [3.63, 3.8) is 0 Å². The summed E-state index contributed by atoms with van der Waals surface area (Å²) in [6.45, 7) is 1.78. The van der Waals surface area contributed by atoms with Gasteiger partial charge in [0, 0.05) is 0 Å². The number of carbonyl (C=O) groups is 1. The maximum absolute atomic E-state index is 13.1. The van der Waals surface area contributed by atoms with E-state index in [2.05, 4.69) is 10.3 Å². The van der Waals surface area contributed by atoms with E-state index < -0.39 is 11.8 Å². The first-order valence-electron chi connectivity index (χ1n) is 5.18. The molecule has 1 heterocycles. The minimum absolute atomic E-state index is 0.0538. The number of hydrogen-bond acceptors (Lipinski definition) is 3. The van der Waals surface area contributed by atoms with Gasteiger partial charge in [0.15, 0.2) is 5.69 Å². The van der Waals surface area contributed by atoms with Crippen LogP contribution in [0.2, 0.25) is 5.02 Å². The van der Waals surface area contributed by atoms with Crippen molar-refractivity contribution < 1.29 is 14.3 Å². The molecule has 1 aromatic heterocycles. The fourth-order valence-electron chi connectivity index (χ4n) is 1.61. The lowest BCUT2D eigenvalue weighted by molar-refractivity contribution is 0.0689. The van der Waals surface area contributed by atoms with Crippen molar-refractivity contribution in [3.8, 4) is 5.69 Å². The Morgan fingerprint density at radius 2 is 2.28 bits per heavy atom. The van der Waals surface area contributed by atoms with Crippen molar-refractivity contribution in [2.24, 2.45) is 0 Å². The molecule has 0 unspecified atom stereocenters. The van der Waals surface area contributed by atoms with Crippen LogP contribution < -0.4 is 0 Å². The van der Waals surface area contributed by atoms with Crippen molar-refractivity contribution in [2.45, 2.75) is 13.3 Å². The third kappa shape index (κ3) is 2.06. The average Bonchev–Trinajstić information content (AvgIpc) is 2.76. The van der Waals surface area contributed by atoms with Crippen molar-refractivity contribution in [2.75, 3.05) is 0 Å². The van der Waals surface area contributed by atoms with E-state index in [1.165, 1.54) is 22.9 Å². The van der Waals surface area contributed by atoms with E-state index in [1.54, 1.807) is 6.92 Å². The molecule has 2 rings (SSSR count). The minimum atomic E-state index is -1.15. The third-order valence-corrected chi connectivity index (χ3v) is 2.74. The standard InChI is InChI=1S/C11H9ClFN3O2/c1-2-9-10(11(17)18)14-15-16(9)6-3-4-8(13)7(12)5-6/h3-5H,2H2,1H3,(H,17,18). The highest BCUT2D eigenvalue weighted by Gasteiger charge is 2.18. The first-order chi connectivity index (χ1) is 8.54. The molecule has 5 nitrogen and oxygen atoms in total. The fourth-order valence-corrected chi connectivity index (χ4v) is 1.78. The van der Waals surface area contributed by atoms with E-state index >= 15 is 0 Å². The number of aromatic carboxylic acids is 1. The highest BCUT2D eigenvalue weighted by Crippen LogP contribution is 2.20. The number of halogens is 2. The van der Waals surface area contributed by atoms with Gasteiger partial charge in [-0.3, -0.25) is 0 Å². The van der Waals surface area contributed by atoms with Crippen LogP contribution in [0.3, 0.4) is 0 Å². The van der Waals surface area contributed by atoms with Crippen LogP contribution >= 0.6 is 11.6 Å². The van der Waals surface area contributed by atoms with Crippen molar-refractivity contribution >= 4 is 17.6 Å². The second kappa shape index (κ2) is 4.73. The van der Waals surface area contributed by atoms with Crippen LogP contribution in [0.15, 0.2) is 18.2 Å². The number of hydrogen-bond donors (Lipinski definition) is 1. The highest BCUT2D eigenvalue weighted by molar-refractivity contribution is 6.30. The Balaban J connectivity index is 2.57. The molecular weight excluding hydrogens is 261 g/mol. The van der Waals surface area contributed by atoms with Crippen LogP contribution in [0.25, 0.3) is 5.69 Å². The molecule has 0 aliphatic carbocycles. The van der Waals surface area contributed by atoms with Gasteiger partial charge in [0.25, 0.3) is 0 Å². The molecule has 0 saturated carbocycles. The summed E-state index contributed by atoms with van der Waals surface area (Å²) < 4.78 is 14.4. The molecule has 0 saturated heterocycles. The molecule has 0 aliphatic rings. The van der Waals surface area contributed by atoms with Gasteiger partial charge in [-0.15, -0.1) is 5.10 Å². The molecule has 0 spiro atoms. The molecule has 1 N–H and O–H groups in total. The van der Waals surface area contributed by atoms with Crippen molar-refractivity contribution in [1.82, 2.24) is 15.0 Å². The number of aromatic nitrogens is 3. The lowest BCUT2D eigenvalue weighted by Crippen LogP contribution is -2.06. The first-order valence-corrected chi connectivity index (χ1v) is 5.55. The SMILES string of the molecule is CCc1c(C(=O)O)nnn1-c1ccc(F)c(Cl)c1. The number of rotatable bonds is 3. The van der Waals surface area contributed by atoms with Crippen LogP contribution in [0.4, 0.5) is 4.39 Å². The van der Waals surface area contributed by atoms with Crippen molar-refractivity contribution in [3.05, 3.63) is 40.4 Å². The van der Waals surface area contributed by atoms with Crippen LogP contribution in [-0.2, 0) is 6.42 Å². The zero-order chi connectivity index (χ0) is 13.3. The number of carboxylic acid groups (broad SMARTS) is 1. The Labute approximate surface area is 107 Å². The molecule has 1 aromatic carbocycles. The Hall–Kier alpha value is -1.95. The smallest absolute Gasteiger partial charge is 0.358 e. The zero-order valence-corrected chi connectivity index (χ0v) is 10.1. The quantitative estimate of drug-likeness (QED) is 0.928. The Morgan fingerprint density at radius 3 is 2.83 bits per heavy atom. The van der Waals surface area contributed by atoms with E-state index in [0.717, 1.165) is 0 Å². The molecule has 2 aromatic rings. The molecule has 94 valence electrons. The number of benzene rings is 1. The van der Waals surface area contributed by atoms with Gasteiger partial charge in [-0.05, 0) is 24.6 Å². The normalized spacial score (nSPS) is 10.6. The summed E-state index contributed by atoms with van der Waals surface area (Å²) in [5.41, 5.74) is 0.793. The van der Waals surface area contributed by atoms with Crippen LogP contribution in [0, 0.1) is 5.82 Å².